The summed E-state index contributed by atoms with van der Waals surface area (Å²) in [6.07, 6.45) is 0. The molecule has 2 aromatic rings. The van der Waals surface area contributed by atoms with E-state index in [9.17, 15) is 0 Å². The van der Waals surface area contributed by atoms with Crippen LogP contribution in [-0.4, -0.2) is 0 Å². The van der Waals surface area contributed by atoms with Crippen molar-refractivity contribution in [3.63, 3.8) is 0 Å². The van der Waals surface area contributed by atoms with Crippen LogP contribution in [0, 0.1) is 11.3 Å². The molecule has 0 saturated carbocycles. The molecule has 0 aliphatic rings. The Morgan fingerprint density at radius 1 is 1.12 bits per heavy atom. The molecule has 0 aliphatic heterocycles. The van der Waals surface area contributed by atoms with Crippen LogP contribution in [0.2, 0.25) is 5.02 Å². The molecule has 84 valence electrons. The summed E-state index contributed by atoms with van der Waals surface area (Å²) in [6, 6.07) is 15.0. The van der Waals surface area contributed by atoms with Crippen LogP contribution in [0.4, 0.5) is 11.4 Å². The highest BCUT2D eigenvalue weighted by atomic mass is 79.9. The maximum Gasteiger partial charge on any atom is 0.0992 e. The summed E-state index contributed by atoms with van der Waals surface area (Å²) in [7, 11) is 0. The van der Waals surface area contributed by atoms with E-state index in [4.69, 9.17) is 16.9 Å². The minimum atomic E-state index is 0.628. The molecule has 0 fully saturated rings. The highest BCUT2D eigenvalue weighted by molar-refractivity contribution is 9.10. The van der Waals surface area contributed by atoms with E-state index >= 15 is 0 Å². The molecule has 0 aromatic heterocycles. The third-order valence-electron chi connectivity index (χ3n) is 2.20. The van der Waals surface area contributed by atoms with Crippen molar-refractivity contribution in [1.82, 2.24) is 0 Å². The monoisotopic (exact) mass is 306 g/mol. The number of nitrogens with one attached hydrogen (secondary N) is 1. The highest BCUT2D eigenvalue weighted by Gasteiger charge is 2.00. The first-order valence-electron chi connectivity index (χ1n) is 4.91. The van der Waals surface area contributed by atoms with Crippen molar-refractivity contribution in [3.8, 4) is 6.07 Å². The lowest BCUT2D eigenvalue weighted by Crippen LogP contribution is -1.90. The van der Waals surface area contributed by atoms with E-state index in [-0.39, 0.29) is 0 Å². The van der Waals surface area contributed by atoms with Crippen molar-refractivity contribution >= 4 is 38.9 Å². The molecule has 0 radical (unpaired) electrons. The van der Waals surface area contributed by atoms with Crippen LogP contribution >= 0.6 is 27.5 Å². The molecule has 0 bridgehead atoms. The standard InChI is InChI=1S/C13H8BrClN2/c14-12-7-11(4-5-13(12)15)17-10-3-1-2-9(6-10)8-16/h1-7,17H. The Morgan fingerprint density at radius 3 is 2.59 bits per heavy atom. The van der Waals surface area contributed by atoms with E-state index in [1.807, 2.05) is 30.3 Å². The van der Waals surface area contributed by atoms with E-state index in [1.54, 1.807) is 12.1 Å². The molecule has 0 amide bonds. The topological polar surface area (TPSA) is 35.8 Å². The fourth-order valence-corrected chi connectivity index (χ4v) is 1.90. The Bertz CT molecular complexity index is 590. The highest BCUT2D eigenvalue weighted by Crippen LogP contribution is 2.27. The van der Waals surface area contributed by atoms with Crippen LogP contribution in [0.1, 0.15) is 5.56 Å². The fraction of sp³-hybridized carbons (Fsp3) is 0. The first-order chi connectivity index (χ1) is 8.19. The van der Waals surface area contributed by atoms with Gasteiger partial charge in [0.05, 0.1) is 16.7 Å². The Balaban J connectivity index is 2.25. The van der Waals surface area contributed by atoms with Gasteiger partial charge in [0.1, 0.15) is 0 Å². The van der Waals surface area contributed by atoms with Crippen LogP contribution in [0.3, 0.4) is 0 Å². The van der Waals surface area contributed by atoms with Gasteiger partial charge in [0, 0.05) is 15.8 Å². The average Bonchev–Trinajstić information content (AvgIpc) is 2.34. The fourth-order valence-electron chi connectivity index (χ4n) is 1.41. The maximum absolute atomic E-state index is 8.81. The summed E-state index contributed by atoms with van der Waals surface area (Å²) in [5.74, 6) is 0. The normalized spacial score (nSPS) is 9.71. The maximum atomic E-state index is 8.81. The van der Waals surface area contributed by atoms with Crippen LogP contribution in [-0.2, 0) is 0 Å². The van der Waals surface area contributed by atoms with Crippen molar-refractivity contribution in [2.75, 3.05) is 5.32 Å². The second-order valence-electron chi connectivity index (χ2n) is 3.45. The third kappa shape index (κ3) is 3.00. The van der Waals surface area contributed by atoms with Gasteiger partial charge in [-0.3, -0.25) is 0 Å². The SMILES string of the molecule is N#Cc1cccc(Nc2ccc(Cl)c(Br)c2)c1. The summed E-state index contributed by atoms with van der Waals surface area (Å²) in [5.41, 5.74) is 2.41. The van der Waals surface area contributed by atoms with E-state index in [1.165, 1.54) is 0 Å². The van der Waals surface area contributed by atoms with Gasteiger partial charge in [-0.25, -0.2) is 0 Å². The van der Waals surface area contributed by atoms with Crippen molar-refractivity contribution in [3.05, 3.63) is 57.5 Å². The second-order valence-corrected chi connectivity index (χ2v) is 4.71. The second kappa shape index (κ2) is 5.22. The molecule has 0 heterocycles. The van der Waals surface area contributed by atoms with Crippen molar-refractivity contribution in [1.29, 1.82) is 5.26 Å². The number of anilines is 2. The molecule has 0 spiro atoms. The lowest BCUT2D eigenvalue weighted by Gasteiger charge is -2.07. The number of rotatable bonds is 2. The van der Waals surface area contributed by atoms with Crippen molar-refractivity contribution in [2.24, 2.45) is 0 Å². The third-order valence-corrected chi connectivity index (χ3v) is 3.41. The first kappa shape index (κ1) is 12.0. The number of nitriles is 1. The molecule has 4 heteroatoms. The van der Waals surface area contributed by atoms with E-state index < -0.39 is 0 Å². The molecule has 0 atom stereocenters. The summed E-state index contributed by atoms with van der Waals surface area (Å²) in [5, 5.41) is 12.7. The molecule has 1 N–H and O–H groups in total. The Morgan fingerprint density at radius 2 is 1.88 bits per heavy atom. The Labute approximate surface area is 113 Å². The lowest BCUT2D eigenvalue weighted by atomic mass is 10.2. The van der Waals surface area contributed by atoms with Gasteiger partial charge in [0.2, 0.25) is 0 Å². The van der Waals surface area contributed by atoms with Gasteiger partial charge >= 0.3 is 0 Å². The zero-order valence-electron chi connectivity index (χ0n) is 8.74. The van der Waals surface area contributed by atoms with Gasteiger partial charge in [-0.2, -0.15) is 5.26 Å². The molecular formula is C13H8BrClN2. The van der Waals surface area contributed by atoms with Gasteiger partial charge in [-0.1, -0.05) is 17.7 Å². The molecule has 2 aromatic carbocycles. The summed E-state index contributed by atoms with van der Waals surface area (Å²) in [6.45, 7) is 0. The van der Waals surface area contributed by atoms with E-state index in [2.05, 4.69) is 27.3 Å². The number of hydrogen-bond donors (Lipinski definition) is 1. The van der Waals surface area contributed by atoms with Crippen LogP contribution in [0.25, 0.3) is 0 Å². The lowest BCUT2D eigenvalue weighted by molar-refractivity contribution is 1.47. The summed E-state index contributed by atoms with van der Waals surface area (Å²) in [4.78, 5) is 0. The molecule has 0 saturated heterocycles. The number of hydrogen-bond acceptors (Lipinski definition) is 2. The average molecular weight is 308 g/mol. The molecule has 17 heavy (non-hydrogen) atoms. The molecule has 0 aliphatic carbocycles. The minimum Gasteiger partial charge on any atom is -0.355 e. The van der Waals surface area contributed by atoms with Gasteiger partial charge in [-0.05, 0) is 52.3 Å². The van der Waals surface area contributed by atoms with E-state index in [0.29, 0.717) is 10.6 Å². The molecule has 0 unspecified atom stereocenters. The smallest absolute Gasteiger partial charge is 0.0992 e. The van der Waals surface area contributed by atoms with Crippen LogP contribution in [0.15, 0.2) is 46.9 Å². The van der Waals surface area contributed by atoms with Crippen molar-refractivity contribution in [2.45, 2.75) is 0 Å². The minimum absolute atomic E-state index is 0.628. The predicted molar refractivity (Wildman–Crippen MR) is 73.6 cm³/mol. The predicted octanol–water partition coefficient (Wildman–Crippen LogP) is 4.72. The van der Waals surface area contributed by atoms with E-state index in [0.717, 1.165) is 15.8 Å². The summed E-state index contributed by atoms with van der Waals surface area (Å²) < 4.78 is 0.834. The molecular weight excluding hydrogens is 300 g/mol. The number of nitrogens with zero attached hydrogens (tertiary/aromatic N) is 1. The van der Waals surface area contributed by atoms with Crippen LogP contribution in [0.5, 0.6) is 0 Å². The Hall–Kier alpha value is -1.50. The zero-order valence-corrected chi connectivity index (χ0v) is 11.1. The zero-order chi connectivity index (χ0) is 12.3. The molecule has 2 nitrogen and oxygen atoms in total. The number of benzene rings is 2. The Kier molecular flexibility index (Phi) is 3.68. The van der Waals surface area contributed by atoms with Crippen LogP contribution < -0.4 is 5.32 Å². The first-order valence-corrected chi connectivity index (χ1v) is 6.08. The largest absolute Gasteiger partial charge is 0.355 e. The van der Waals surface area contributed by atoms with Gasteiger partial charge in [-0.15, -0.1) is 0 Å². The summed E-state index contributed by atoms with van der Waals surface area (Å²) >= 11 is 9.28. The van der Waals surface area contributed by atoms with Crippen molar-refractivity contribution < 1.29 is 0 Å². The van der Waals surface area contributed by atoms with Gasteiger partial charge in [0.25, 0.3) is 0 Å². The number of halogens is 2. The molecule has 2 rings (SSSR count). The van der Waals surface area contributed by atoms with Gasteiger partial charge < -0.3 is 5.32 Å². The van der Waals surface area contributed by atoms with Gasteiger partial charge in [0.15, 0.2) is 0 Å². The quantitative estimate of drug-likeness (QED) is 0.871.